The summed E-state index contributed by atoms with van der Waals surface area (Å²) in [7, 11) is 0. The van der Waals surface area contributed by atoms with Gasteiger partial charge in [0.25, 0.3) is 0 Å². The fourth-order valence-corrected chi connectivity index (χ4v) is 2.72. The van der Waals surface area contributed by atoms with Crippen molar-refractivity contribution in [2.45, 2.75) is 19.3 Å². The lowest BCUT2D eigenvalue weighted by molar-refractivity contribution is 0.0991. The Balaban J connectivity index is 1.91. The van der Waals surface area contributed by atoms with Crippen molar-refractivity contribution >= 4 is 11.5 Å². The average molecular weight is 287 g/mol. The summed E-state index contributed by atoms with van der Waals surface area (Å²) in [6, 6.07) is 8.70. The summed E-state index contributed by atoms with van der Waals surface area (Å²) in [6.07, 6.45) is 1.67. The molecule has 2 aromatic carbocycles. The van der Waals surface area contributed by atoms with Crippen LogP contribution in [0.25, 0.3) is 0 Å². The Morgan fingerprint density at radius 3 is 2.90 bits per heavy atom. The van der Waals surface area contributed by atoms with Crippen LogP contribution in [0.2, 0.25) is 0 Å². The maximum atomic E-state index is 13.7. The van der Waals surface area contributed by atoms with Crippen molar-refractivity contribution in [2.75, 3.05) is 11.9 Å². The molecule has 0 atom stereocenters. The number of rotatable bonds is 3. The number of carbonyl (C=O) groups excluding carboxylic acids is 1. The van der Waals surface area contributed by atoms with E-state index in [1.165, 1.54) is 0 Å². The molecule has 0 saturated heterocycles. The highest BCUT2D eigenvalue weighted by atomic mass is 19.1. The third-order valence-corrected chi connectivity index (χ3v) is 3.75. The predicted octanol–water partition coefficient (Wildman–Crippen LogP) is 3.75. The monoisotopic (exact) mass is 287 g/mol. The van der Waals surface area contributed by atoms with Gasteiger partial charge in [0.2, 0.25) is 0 Å². The van der Waals surface area contributed by atoms with Crippen molar-refractivity contribution in [1.82, 2.24) is 0 Å². The van der Waals surface area contributed by atoms with E-state index in [4.69, 9.17) is 0 Å². The standard InChI is InChI=1S/C17H15F2NO/c18-12-6-7-15(19)11(9-12)10-17(21)14-3-1-5-16-13(14)4-2-8-20-16/h1,3,5-7,9,20H,2,4,8,10H2. The number of Topliss-reactive ketones (excluding diaryl/α,β-unsaturated/α-hetero) is 1. The number of hydrogen-bond acceptors (Lipinski definition) is 2. The molecule has 0 fully saturated rings. The molecule has 2 aromatic rings. The molecule has 3 rings (SSSR count). The van der Waals surface area contributed by atoms with Crippen LogP contribution in [-0.2, 0) is 12.8 Å². The van der Waals surface area contributed by atoms with Crippen LogP contribution in [0.15, 0.2) is 36.4 Å². The number of nitrogens with one attached hydrogen (secondary N) is 1. The Labute approximate surface area is 121 Å². The van der Waals surface area contributed by atoms with E-state index >= 15 is 0 Å². The Morgan fingerprint density at radius 1 is 1.19 bits per heavy atom. The number of hydrogen-bond donors (Lipinski definition) is 1. The third-order valence-electron chi connectivity index (χ3n) is 3.75. The fourth-order valence-electron chi connectivity index (χ4n) is 2.72. The van der Waals surface area contributed by atoms with Gasteiger partial charge in [-0.3, -0.25) is 4.79 Å². The van der Waals surface area contributed by atoms with E-state index in [-0.39, 0.29) is 17.8 Å². The van der Waals surface area contributed by atoms with Gasteiger partial charge in [0.1, 0.15) is 11.6 Å². The Bertz CT molecular complexity index is 697. The summed E-state index contributed by atoms with van der Waals surface area (Å²) in [6.45, 7) is 0.892. The summed E-state index contributed by atoms with van der Waals surface area (Å²) in [5.41, 5.74) is 2.64. The minimum atomic E-state index is -0.548. The molecule has 0 aliphatic carbocycles. The zero-order valence-corrected chi connectivity index (χ0v) is 11.5. The molecule has 108 valence electrons. The third kappa shape index (κ3) is 2.79. The Morgan fingerprint density at radius 2 is 2.05 bits per heavy atom. The smallest absolute Gasteiger partial charge is 0.167 e. The van der Waals surface area contributed by atoms with Crippen molar-refractivity contribution in [3.05, 3.63) is 64.7 Å². The molecule has 0 bridgehead atoms. The molecule has 0 amide bonds. The van der Waals surface area contributed by atoms with Crippen LogP contribution in [0.5, 0.6) is 0 Å². The average Bonchev–Trinajstić information content (AvgIpc) is 2.50. The lowest BCUT2D eigenvalue weighted by Gasteiger charge is -2.20. The van der Waals surface area contributed by atoms with Gasteiger partial charge in [-0.15, -0.1) is 0 Å². The van der Waals surface area contributed by atoms with Gasteiger partial charge in [-0.2, -0.15) is 0 Å². The normalized spacial score (nSPS) is 13.4. The quantitative estimate of drug-likeness (QED) is 0.871. The molecule has 0 unspecified atom stereocenters. The Hall–Kier alpha value is -2.23. The van der Waals surface area contributed by atoms with Crippen LogP contribution >= 0.6 is 0 Å². The molecule has 0 radical (unpaired) electrons. The zero-order chi connectivity index (χ0) is 14.8. The van der Waals surface area contributed by atoms with E-state index in [9.17, 15) is 13.6 Å². The summed E-state index contributed by atoms with van der Waals surface area (Å²) in [5, 5.41) is 3.26. The van der Waals surface area contributed by atoms with E-state index < -0.39 is 11.6 Å². The van der Waals surface area contributed by atoms with Crippen LogP contribution < -0.4 is 5.32 Å². The molecule has 1 N–H and O–H groups in total. The summed E-state index contributed by atoms with van der Waals surface area (Å²) in [5.74, 6) is -1.26. The largest absolute Gasteiger partial charge is 0.385 e. The highest BCUT2D eigenvalue weighted by molar-refractivity contribution is 6.00. The van der Waals surface area contributed by atoms with Crippen molar-refractivity contribution in [2.24, 2.45) is 0 Å². The number of halogens is 2. The van der Waals surface area contributed by atoms with Crippen molar-refractivity contribution in [3.8, 4) is 0 Å². The highest BCUT2D eigenvalue weighted by Crippen LogP contribution is 2.26. The first-order chi connectivity index (χ1) is 10.1. The van der Waals surface area contributed by atoms with Crippen molar-refractivity contribution < 1.29 is 13.6 Å². The second-order valence-corrected chi connectivity index (χ2v) is 5.20. The molecular formula is C17H15F2NO. The van der Waals surface area contributed by atoms with Gasteiger partial charge in [0.05, 0.1) is 0 Å². The molecule has 0 aromatic heterocycles. The number of anilines is 1. The van der Waals surface area contributed by atoms with Crippen molar-refractivity contribution in [3.63, 3.8) is 0 Å². The molecular weight excluding hydrogens is 272 g/mol. The molecule has 1 heterocycles. The second kappa shape index (κ2) is 5.64. The lowest BCUT2D eigenvalue weighted by atomic mass is 9.92. The highest BCUT2D eigenvalue weighted by Gasteiger charge is 2.18. The van der Waals surface area contributed by atoms with E-state index in [1.807, 2.05) is 12.1 Å². The van der Waals surface area contributed by atoms with Gasteiger partial charge in [-0.05, 0) is 48.2 Å². The maximum absolute atomic E-state index is 13.7. The van der Waals surface area contributed by atoms with E-state index in [0.29, 0.717) is 5.56 Å². The topological polar surface area (TPSA) is 29.1 Å². The first-order valence-electron chi connectivity index (χ1n) is 6.98. The minimum Gasteiger partial charge on any atom is -0.385 e. The molecule has 1 aliphatic rings. The van der Waals surface area contributed by atoms with Gasteiger partial charge in [-0.1, -0.05) is 12.1 Å². The molecule has 0 spiro atoms. The maximum Gasteiger partial charge on any atom is 0.167 e. The number of fused-ring (bicyclic) bond motifs is 1. The van der Waals surface area contributed by atoms with Crippen LogP contribution in [0.1, 0.15) is 27.9 Å². The Kier molecular flexibility index (Phi) is 3.69. The van der Waals surface area contributed by atoms with Gasteiger partial charge in [0, 0.05) is 24.2 Å². The summed E-state index contributed by atoms with van der Waals surface area (Å²) >= 11 is 0. The lowest BCUT2D eigenvalue weighted by Crippen LogP contribution is -2.16. The minimum absolute atomic E-state index is 0.0985. The van der Waals surface area contributed by atoms with E-state index in [1.54, 1.807) is 6.07 Å². The SMILES string of the molecule is O=C(Cc1cc(F)ccc1F)c1cccc2c1CCCN2. The summed E-state index contributed by atoms with van der Waals surface area (Å²) in [4.78, 5) is 12.4. The van der Waals surface area contributed by atoms with Crippen molar-refractivity contribution in [1.29, 1.82) is 0 Å². The number of carbonyl (C=O) groups is 1. The molecule has 0 saturated carbocycles. The van der Waals surface area contributed by atoms with Crippen LogP contribution in [0.3, 0.4) is 0 Å². The zero-order valence-electron chi connectivity index (χ0n) is 11.5. The van der Waals surface area contributed by atoms with Gasteiger partial charge >= 0.3 is 0 Å². The van der Waals surface area contributed by atoms with Crippen LogP contribution in [0, 0.1) is 11.6 Å². The van der Waals surface area contributed by atoms with Gasteiger partial charge in [0.15, 0.2) is 5.78 Å². The van der Waals surface area contributed by atoms with Gasteiger partial charge in [-0.25, -0.2) is 8.78 Å². The predicted molar refractivity (Wildman–Crippen MR) is 77.6 cm³/mol. The second-order valence-electron chi connectivity index (χ2n) is 5.20. The van der Waals surface area contributed by atoms with E-state index in [0.717, 1.165) is 48.8 Å². The van der Waals surface area contributed by atoms with E-state index in [2.05, 4.69) is 5.32 Å². The molecule has 1 aliphatic heterocycles. The molecule has 2 nitrogen and oxygen atoms in total. The fraction of sp³-hybridized carbons (Fsp3) is 0.235. The molecule has 21 heavy (non-hydrogen) atoms. The number of ketones is 1. The molecule has 4 heteroatoms. The first kappa shape index (κ1) is 13.7. The number of benzene rings is 2. The van der Waals surface area contributed by atoms with Crippen LogP contribution in [0.4, 0.5) is 14.5 Å². The van der Waals surface area contributed by atoms with Gasteiger partial charge < -0.3 is 5.32 Å². The first-order valence-corrected chi connectivity index (χ1v) is 6.98. The van der Waals surface area contributed by atoms with Crippen LogP contribution in [-0.4, -0.2) is 12.3 Å². The summed E-state index contributed by atoms with van der Waals surface area (Å²) < 4.78 is 26.8.